The molecule has 0 aromatic heterocycles. The van der Waals surface area contributed by atoms with Gasteiger partial charge in [0, 0.05) is 0 Å². The van der Waals surface area contributed by atoms with E-state index in [1.165, 1.54) is 11.1 Å². The van der Waals surface area contributed by atoms with Gasteiger partial charge in [0.25, 0.3) is 0 Å². The van der Waals surface area contributed by atoms with Gasteiger partial charge in [-0.05, 0) is 30.4 Å². The molecule has 0 aliphatic rings. The quantitative estimate of drug-likeness (QED) is 0.605. The first-order valence-corrected chi connectivity index (χ1v) is 4.76. The molecular weight excluding hydrogens is 198 g/mol. The predicted molar refractivity (Wildman–Crippen MR) is 61.5 cm³/mol. The van der Waals surface area contributed by atoms with Gasteiger partial charge >= 0.3 is 0 Å². The van der Waals surface area contributed by atoms with Crippen LogP contribution in [0.2, 0.25) is 0 Å². The van der Waals surface area contributed by atoms with Crippen LogP contribution in [-0.4, -0.2) is 6.61 Å². The average molecular weight is 216 g/mol. The number of hydrogen-bond donors (Lipinski definition) is 1. The summed E-state index contributed by atoms with van der Waals surface area (Å²) in [5, 5.41) is 0. The molecule has 1 aromatic rings. The molecule has 0 radical (unpaired) electrons. The van der Waals surface area contributed by atoms with Gasteiger partial charge in [-0.1, -0.05) is 31.2 Å². The van der Waals surface area contributed by atoms with Crippen molar-refractivity contribution in [3.63, 3.8) is 0 Å². The summed E-state index contributed by atoms with van der Waals surface area (Å²) < 4.78 is 0. The fourth-order valence-corrected chi connectivity index (χ4v) is 1.30. The highest BCUT2D eigenvalue weighted by Crippen LogP contribution is 2.06. The molecule has 0 saturated heterocycles. The monoisotopic (exact) mass is 215 g/mol. The van der Waals surface area contributed by atoms with Crippen molar-refractivity contribution in [2.45, 2.75) is 26.2 Å². The third-order valence-electron chi connectivity index (χ3n) is 2.16. The van der Waals surface area contributed by atoms with Gasteiger partial charge in [-0.3, -0.25) is 0 Å². The molecule has 1 rings (SSSR count). The summed E-state index contributed by atoms with van der Waals surface area (Å²) in [7, 11) is 0. The van der Waals surface area contributed by atoms with Crippen LogP contribution in [0.25, 0.3) is 0 Å². The summed E-state index contributed by atoms with van der Waals surface area (Å²) in [5.74, 6) is 4.94. The van der Waals surface area contributed by atoms with Crippen molar-refractivity contribution in [2.75, 3.05) is 6.61 Å². The van der Waals surface area contributed by atoms with E-state index in [-0.39, 0.29) is 12.4 Å². The van der Waals surface area contributed by atoms with Crippen molar-refractivity contribution in [3.8, 4) is 0 Å². The average Bonchev–Trinajstić information content (AvgIpc) is 2.19. The Kier molecular flexibility index (Phi) is 7.48. The van der Waals surface area contributed by atoms with Crippen molar-refractivity contribution in [3.05, 3.63) is 35.4 Å². The third-order valence-corrected chi connectivity index (χ3v) is 2.16. The van der Waals surface area contributed by atoms with Gasteiger partial charge in [0.15, 0.2) is 0 Å². The highest BCUT2D eigenvalue weighted by molar-refractivity contribution is 5.85. The second-order valence-corrected chi connectivity index (χ2v) is 3.14. The lowest BCUT2D eigenvalue weighted by atomic mass is 10.1. The lowest BCUT2D eigenvalue weighted by Gasteiger charge is -2.01. The van der Waals surface area contributed by atoms with Crippen molar-refractivity contribution in [2.24, 2.45) is 5.90 Å². The van der Waals surface area contributed by atoms with E-state index in [4.69, 9.17) is 5.90 Å². The van der Waals surface area contributed by atoms with Crippen LogP contribution in [0, 0.1) is 0 Å². The molecule has 0 spiro atoms. The Bertz CT molecular complexity index is 236. The molecule has 80 valence electrons. The number of nitrogens with two attached hydrogens (primary N) is 1. The smallest absolute Gasteiger partial charge is 0.0682 e. The molecule has 0 aliphatic carbocycles. The Morgan fingerprint density at radius 2 is 1.71 bits per heavy atom. The van der Waals surface area contributed by atoms with Gasteiger partial charge in [-0.25, -0.2) is 5.90 Å². The molecule has 14 heavy (non-hydrogen) atoms. The molecule has 0 saturated carbocycles. The van der Waals surface area contributed by atoms with Crippen LogP contribution in [0.3, 0.4) is 0 Å². The zero-order valence-electron chi connectivity index (χ0n) is 8.53. The first-order valence-electron chi connectivity index (χ1n) is 4.76. The first kappa shape index (κ1) is 13.4. The van der Waals surface area contributed by atoms with Gasteiger partial charge in [0.05, 0.1) is 6.61 Å². The second-order valence-electron chi connectivity index (χ2n) is 3.14. The Hall–Kier alpha value is -0.570. The van der Waals surface area contributed by atoms with Crippen LogP contribution in [-0.2, 0) is 17.7 Å². The Morgan fingerprint density at radius 1 is 1.14 bits per heavy atom. The van der Waals surface area contributed by atoms with Crippen molar-refractivity contribution in [1.29, 1.82) is 0 Å². The van der Waals surface area contributed by atoms with Crippen molar-refractivity contribution < 1.29 is 4.84 Å². The van der Waals surface area contributed by atoms with Gasteiger partial charge in [-0.2, -0.15) is 0 Å². The number of halogens is 1. The Labute approximate surface area is 91.8 Å². The normalized spacial score (nSPS) is 9.57. The van der Waals surface area contributed by atoms with E-state index in [9.17, 15) is 0 Å². The summed E-state index contributed by atoms with van der Waals surface area (Å²) in [6.45, 7) is 2.80. The maximum atomic E-state index is 4.94. The first-order chi connectivity index (χ1) is 6.36. The van der Waals surface area contributed by atoms with E-state index >= 15 is 0 Å². The molecule has 1 aromatic carbocycles. The number of rotatable bonds is 5. The molecule has 2 nitrogen and oxygen atoms in total. The van der Waals surface area contributed by atoms with Gasteiger partial charge in [-0.15, -0.1) is 12.4 Å². The SMILES string of the molecule is CCc1ccc(CCCON)cc1.Cl. The molecule has 0 fully saturated rings. The summed E-state index contributed by atoms with van der Waals surface area (Å²) in [6.07, 6.45) is 3.13. The molecule has 0 bridgehead atoms. The van der Waals surface area contributed by atoms with Crippen molar-refractivity contribution >= 4 is 12.4 Å². The Morgan fingerprint density at radius 3 is 2.21 bits per heavy atom. The zero-order chi connectivity index (χ0) is 9.52. The van der Waals surface area contributed by atoms with Crippen molar-refractivity contribution in [1.82, 2.24) is 0 Å². The summed E-state index contributed by atoms with van der Waals surface area (Å²) in [5.41, 5.74) is 2.74. The molecule has 0 amide bonds. The van der Waals surface area contributed by atoms with Crippen LogP contribution in [0.4, 0.5) is 0 Å². The topological polar surface area (TPSA) is 35.2 Å². The lowest BCUT2D eigenvalue weighted by Crippen LogP contribution is -2.01. The minimum Gasteiger partial charge on any atom is -0.305 e. The van der Waals surface area contributed by atoms with E-state index in [1.54, 1.807) is 0 Å². The number of benzene rings is 1. The molecule has 0 aliphatic heterocycles. The predicted octanol–water partition coefficient (Wildman–Crippen LogP) is 2.49. The van der Waals surface area contributed by atoms with E-state index in [1.807, 2.05) is 0 Å². The van der Waals surface area contributed by atoms with E-state index in [0.717, 1.165) is 19.3 Å². The highest BCUT2D eigenvalue weighted by Gasteiger charge is 1.93. The maximum Gasteiger partial charge on any atom is 0.0682 e. The lowest BCUT2D eigenvalue weighted by molar-refractivity contribution is 0.135. The zero-order valence-corrected chi connectivity index (χ0v) is 9.35. The van der Waals surface area contributed by atoms with Crippen LogP contribution in [0.5, 0.6) is 0 Å². The van der Waals surface area contributed by atoms with Crippen LogP contribution < -0.4 is 5.90 Å². The highest BCUT2D eigenvalue weighted by atomic mass is 35.5. The number of aryl methyl sites for hydroxylation is 2. The number of hydrogen-bond acceptors (Lipinski definition) is 2. The minimum absolute atomic E-state index is 0. The van der Waals surface area contributed by atoms with Crippen LogP contribution in [0.15, 0.2) is 24.3 Å². The van der Waals surface area contributed by atoms with E-state index < -0.39 is 0 Å². The van der Waals surface area contributed by atoms with Crippen LogP contribution in [0.1, 0.15) is 24.5 Å². The summed E-state index contributed by atoms with van der Waals surface area (Å²) >= 11 is 0. The van der Waals surface area contributed by atoms with Crippen LogP contribution >= 0.6 is 12.4 Å². The largest absolute Gasteiger partial charge is 0.305 e. The van der Waals surface area contributed by atoms with E-state index in [0.29, 0.717) is 6.61 Å². The summed E-state index contributed by atoms with van der Waals surface area (Å²) in [4.78, 5) is 4.51. The van der Waals surface area contributed by atoms with Gasteiger partial charge in [0.1, 0.15) is 0 Å². The summed E-state index contributed by atoms with van der Waals surface area (Å²) in [6, 6.07) is 8.71. The Balaban J connectivity index is 0.00000169. The minimum atomic E-state index is 0. The molecule has 3 heteroatoms. The maximum absolute atomic E-state index is 4.94. The fourth-order valence-electron chi connectivity index (χ4n) is 1.30. The molecular formula is C11H18ClNO. The molecule has 0 unspecified atom stereocenters. The third kappa shape index (κ3) is 4.61. The molecule has 0 heterocycles. The fraction of sp³-hybridized carbons (Fsp3) is 0.455. The molecule has 0 atom stereocenters. The second kappa shape index (κ2) is 7.80. The van der Waals surface area contributed by atoms with E-state index in [2.05, 4.69) is 36.0 Å². The van der Waals surface area contributed by atoms with Gasteiger partial charge in [0.2, 0.25) is 0 Å². The van der Waals surface area contributed by atoms with Gasteiger partial charge < -0.3 is 4.84 Å². The molecule has 2 N–H and O–H groups in total. The standard InChI is InChI=1S/C11H17NO.ClH/c1-2-10-5-7-11(8-6-10)4-3-9-13-12;/h5-8H,2-4,9,12H2,1H3;1H.